The molecule has 0 unspecified atom stereocenters. The summed E-state index contributed by atoms with van der Waals surface area (Å²) in [5.74, 6) is -0.361. The average molecular weight is 362 g/mol. The van der Waals surface area contributed by atoms with Gasteiger partial charge in [0, 0.05) is 42.2 Å². The lowest BCUT2D eigenvalue weighted by molar-refractivity contribution is -0.383. The molecule has 0 spiro atoms. The molecule has 1 amide bonds. The van der Waals surface area contributed by atoms with Gasteiger partial charge in [0.05, 0.1) is 4.92 Å². The number of anilines is 2. The van der Waals surface area contributed by atoms with Crippen molar-refractivity contribution >= 4 is 23.0 Å². The van der Waals surface area contributed by atoms with E-state index in [2.05, 4.69) is 15.6 Å². The number of amides is 1. The highest BCUT2D eigenvalue weighted by Gasteiger charge is 2.17. The normalized spacial score (nSPS) is 10.2. The molecular weight excluding hydrogens is 344 g/mol. The quantitative estimate of drug-likeness (QED) is 0.493. The van der Waals surface area contributed by atoms with Crippen LogP contribution in [0.5, 0.6) is 0 Å². The Labute approximate surface area is 156 Å². The highest BCUT2D eigenvalue weighted by atomic mass is 16.6. The maximum atomic E-state index is 12.3. The fraction of sp³-hybridized carbons (Fsp3) is 0.100. The third-order valence-electron chi connectivity index (χ3n) is 3.90. The second-order valence-corrected chi connectivity index (χ2v) is 5.81. The number of hydrogen-bond acceptors (Lipinski definition) is 5. The van der Waals surface area contributed by atoms with Gasteiger partial charge < -0.3 is 10.6 Å². The predicted octanol–water partition coefficient (Wildman–Crippen LogP) is 3.71. The molecule has 0 saturated heterocycles. The largest absolute Gasteiger partial charge is 0.352 e. The molecule has 27 heavy (non-hydrogen) atoms. The minimum atomic E-state index is -0.504. The summed E-state index contributed by atoms with van der Waals surface area (Å²) in [6, 6.07) is 19.1. The van der Waals surface area contributed by atoms with Gasteiger partial charge in [0.15, 0.2) is 0 Å². The summed E-state index contributed by atoms with van der Waals surface area (Å²) in [6.45, 7) is 0.396. The molecule has 0 aliphatic rings. The van der Waals surface area contributed by atoms with Crippen LogP contribution in [-0.2, 0) is 6.42 Å². The van der Waals surface area contributed by atoms with Gasteiger partial charge in [0.2, 0.25) is 0 Å². The van der Waals surface area contributed by atoms with Crippen molar-refractivity contribution in [3.63, 3.8) is 0 Å². The number of hydrogen-bond donors (Lipinski definition) is 2. The minimum absolute atomic E-state index is 0.156. The van der Waals surface area contributed by atoms with Gasteiger partial charge in [-0.15, -0.1) is 0 Å². The van der Waals surface area contributed by atoms with E-state index in [0.29, 0.717) is 18.7 Å². The molecule has 7 heteroatoms. The van der Waals surface area contributed by atoms with Gasteiger partial charge in [-0.25, -0.2) is 0 Å². The van der Waals surface area contributed by atoms with Crippen molar-refractivity contribution in [2.45, 2.75) is 6.42 Å². The number of carbonyl (C=O) groups excluding carboxylic acids is 1. The van der Waals surface area contributed by atoms with E-state index in [1.54, 1.807) is 18.3 Å². The lowest BCUT2D eigenvalue weighted by Gasteiger charge is -2.09. The van der Waals surface area contributed by atoms with E-state index in [1.807, 2.05) is 48.5 Å². The van der Waals surface area contributed by atoms with Crippen LogP contribution in [0.2, 0.25) is 0 Å². The summed E-state index contributed by atoms with van der Waals surface area (Å²) < 4.78 is 0. The molecule has 3 aromatic rings. The first-order valence-corrected chi connectivity index (χ1v) is 8.42. The van der Waals surface area contributed by atoms with E-state index >= 15 is 0 Å². The summed E-state index contributed by atoms with van der Waals surface area (Å²) in [7, 11) is 0. The van der Waals surface area contributed by atoms with Crippen LogP contribution in [0.3, 0.4) is 0 Å². The van der Waals surface area contributed by atoms with Crippen molar-refractivity contribution in [3.05, 3.63) is 94.3 Å². The molecule has 1 aromatic heterocycles. The zero-order valence-corrected chi connectivity index (χ0v) is 14.5. The number of aromatic nitrogens is 1. The predicted molar refractivity (Wildman–Crippen MR) is 103 cm³/mol. The van der Waals surface area contributed by atoms with Crippen molar-refractivity contribution < 1.29 is 9.72 Å². The standard InChI is InChI=1S/C20H18N4O3/c25-20(22-13-11-16-6-4-5-12-21-16)15-9-10-18(19(14-15)24(26)27)23-17-7-2-1-3-8-17/h1-10,12,14,23H,11,13H2,(H,22,25). The van der Waals surface area contributed by atoms with E-state index in [9.17, 15) is 14.9 Å². The third-order valence-corrected chi connectivity index (χ3v) is 3.90. The fourth-order valence-electron chi connectivity index (χ4n) is 2.56. The smallest absolute Gasteiger partial charge is 0.293 e. The fourth-order valence-corrected chi connectivity index (χ4v) is 2.56. The van der Waals surface area contributed by atoms with Crippen LogP contribution >= 0.6 is 0 Å². The highest BCUT2D eigenvalue weighted by molar-refractivity contribution is 5.95. The Balaban J connectivity index is 1.69. The molecule has 0 atom stereocenters. The van der Waals surface area contributed by atoms with E-state index in [-0.39, 0.29) is 17.2 Å². The molecular formula is C20H18N4O3. The van der Waals surface area contributed by atoms with Gasteiger partial charge in [-0.3, -0.25) is 19.9 Å². The monoisotopic (exact) mass is 362 g/mol. The number of carbonyl (C=O) groups is 1. The van der Waals surface area contributed by atoms with E-state index in [1.165, 1.54) is 6.07 Å². The highest BCUT2D eigenvalue weighted by Crippen LogP contribution is 2.28. The first-order valence-electron chi connectivity index (χ1n) is 8.42. The molecule has 0 radical (unpaired) electrons. The summed E-state index contributed by atoms with van der Waals surface area (Å²) in [5.41, 5.74) is 2.01. The van der Waals surface area contributed by atoms with Gasteiger partial charge in [0.25, 0.3) is 11.6 Å². The van der Waals surface area contributed by atoms with Crippen LogP contribution < -0.4 is 10.6 Å². The maximum absolute atomic E-state index is 12.3. The van der Waals surface area contributed by atoms with E-state index in [4.69, 9.17) is 0 Å². The van der Waals surface area contributed by atoms with Crippen LogP contribution in [-0.4, -0.2) is 22.4 Å². The summed E-state index contributed by atoms with van der Waals surface area (Å²) >= 11 is 0. The van der Waals surface area contributed by atoms with Crippen molar-refractivity contribution in [1.29, 1.82) is 0 Å². The first kappa shape index (κ1) is 18.1. The topological polar surface area (TPSA) is 97.2 Å². The minimum Gasteiger partial charge on any atom is -0.352 e. The molecule has 7 nitrogen and oxygen atoms in total. The Kier molecular flexibility index (Phi) is 5.73. The molecule has 0 aliphatic carbocycles. The van der Waals surface area contributed by atoms with Gasteiger partial charge in [-0.05, 0) is 36.4 Å². The van der Waals surface area contributed by atoms with E-state index < -0.39 is 4.92 Å². The number of pyridine rings is 1. The number of rotatable bonds is 7. The molecule has 2 aromatic carbocycles. The SMILES string of the molecule is O=C(NCCc1ccccn1)c1ccc(Nc2ccccc2)c([N+](=O)[O-])c1. The first-order chi connectivity index (χ1) is 13.1. The van der Waals surface area contributed by atoms with Crippen molar-refractivity contribution in [3.8, 4) is 0 Å². The maximum Gasteiger partial charge on any atom is 0.293 e. The molecule has 2 N–H and O–H groups in total. The number of benzene rings is 2. The Hall–Kier alpha value is -3.74. The summed E-state index contributed by atoms with van der Waals surface area (Å²) in [6.07, 6.45) is 2.28. The molecule has 0 aliphatic heterocycles. The van der Waals surface area contributed by atoms with Gasteiger partial charge >= 0.3 is 0 Å². The second kappa shape index (κ2) is 8.57. The molecule has 0 fully saturated rings. The van der Waals surface area contributed by atoms with Crippen LogP contribution in [0.4, 0.5) is 17.1 Å². The average Bonchev–Trinajstić information content (AvgIpc) is 2.69. The second-order valence-electron chi connectivity index (χ2n) is 5.81. The van der Waals surface area contributed by atoms with Gasteiger partial charge in [0.1, 0.15) is 5.69 Å². The Morgan fingerprint density at radius 1 is 1.04 bits per heavy atom. The lowest BCUT2D eigenvalue weighted by atomic mass is 10.1. The van der Waals surface area contributed by atoms with Gasteiger partial charge in [-0.2, -0.15) is 0 Å². The molecule has 3 rings (SSSR count). The Morgan fingerprint density at radius 3 is 2.52 bits per heavy atom. The van der Waals surface area contributed by atoms with Crippen LogP contribution in [0, 0.1) is 10.1 Å². The molecule has 1 heterocycles. The van der Waals surface area contributed by atoms with E-state index in [0.717, 1.165) is 11.4 Å². The Morgan fingerprint density at radius 2 is 1.81 bits per heavy atom. The zero-order chi connectivity index (χ0) is 19.1. The number of nitrogens with zero attached hydrogens (tertiary/aromatic N) is 2. The lowest BCUT2D eigenvalue weighted by Crippen LogP contribution is -2.26. The molecule has 136 valence electrons. The van der Waals surface area contributed by atoms with Crippen molar-refractivity contribution in [2.24, 2.45) is 0 Å². The summed E-state index contributed by atoms with van der Waals surface area (Å²) in [5, 5.41) is 17.2. The van der Waals surface area contributed by atoms with Crippen LogP contribution in [0.15, 0.2) is 72.9 Å². The Bertz CT molecular complexity index is 930. The molecule has 0 bridgehead atoms. The number of nitro benzene ring substituents is 1. The molecule has 0 saturated carbocycles. The van der Waals surface area contributed by atoms with Crippen LogP contribution in [0.1, 0.15) is 16.1 Å². The van der Waals surface area contributed by atoms with Crippen molar-refractivity contribution in [2.75, 3.05) is 11.9 Å². The van der Waals surface area contributed by atoms with Crippen molar-refractivity contribution in [1.82, 2.24) is 10.3 Å². The third kappa shape index (κ3) is 4.88. The number of nitro groups is 1. The number of nitrogens with one attached hydrogen (secondary N) is 2. The summed E-state index contributed by atoms with van der Waals surface area (Å²) in [4.78, 5) is 27.4. The number of para-hydroxylation sites is 1. The zero-order valence-electron chi connectivity index (χ0n) is 14.5. The van der Waals surface area contributed by atoms with Gasteiger partial charge in [-0.1, -0.05) is 24.3 Å². The van der Waals surface area contributed by atoms with Crippen LogP contribution in [0.25, 0.3) is 0 Å².